The molecule has 1 spiro atoms. The molecular weight excluding hydrogens is 540 g/mol. The van der Waals surface area contributed by atoms with Gasteiger partial charge in [-0.25, -0.2) is 0 Å². The molecule has 4 rings (SSSR count). The first kappa shape index (κ1) is 23.7. The molecule has 5 nitrogen and oxygen atoms in total. The summed E-state index contributed by atoms with van der Waals surface area (Å²) in [4.78, 5) is 15.8. The number of aliphatic hydroxyl groups is 1. The van der Waals surface area contributed by atoms with Gasteiger partial charge in [0.15, 0.2) is 5.60 Å². The van der Waals surface area contributed by atoms with Crippen molar-refractivity contribution in [3.05, 3.63) is 57.2 Å². The number of carbonyl (C=O) groups is 1. The third-order valence-electron chi connectivity index (χ3n) is 6.84. The standard InChI is InChI=1S/C24H29FINO4Si/c1-15-22(32(3,4)25)21(11-12-28)31-24(15)19-13-18(30-2)9-10-20(19)27(23(24)29)14-16-5-7-17(26)8-6-16/h5-10,13,15,21-22,28H,11-12,14H2,1-4H3/t15-,21+,22-,24+/m1/s1. The Morgan fingerprint density at radius 3 is 2.53 bits per heavy atom. The van der Waals surface area contributed by atoms with E-state index in [0.717, 1.165) is 20.4 Å². The summed E-state index contributed by atoms with van der Waals surface area (Å²) in [5.41, 5.74) is 0.808. The van der Waals surface area contributed by atoms with E-state index in [9.17, 15) is 9.90 Å². The molecule has 2 heterocycles. The number of aliphatic hydroxyl groups excluding tert-OH is 1. The number of carbonyl (C=O) groups excluding carboxylic acids is 1. The summed E-state index contributed by atoms with van der Waals surface area (Å²) in [6.07, 6.45) is -0.205. The van der Waals surface area contributed by atoms with Gasteiger partial charge in [0, 0.05) is 27.2 Å². The number of hydrogen-bond donors (Lipinski definition) is 1. The largest absolute Gasteiger partial charge is 0.497 e. The third-order valence-corrected chi connectivity index (χ3v) is 10.0. The number of ether oxygens (including phenoxy) is 2. The number of benzene rings is 2. The molecule has 1 fully saturated rings. The number of methoxy groups -OCH3 is 1. The third kappa shape index (κ3) is 3.78. The van der Waals surface area contributed by atoms with Crippen LogP contribution < -0.4 is 9.64 Å². The van der Waals surface area contributed by atoms with Gasteiger partial charge in [-0.3, -0.25) is 4.79 Å². The van der Waals surface area contributed by atoms with Gasteiger partial charge in [-0.15, -0.1) is 0 Å². The number of rotatable bonds is 6. The van der Waals surface area contributed by atoms with Crippen molar-refractivity contribution in [1.82, 2.24) is 0 Å². The Kier molecular flexibility index (Phi) is 6.43. The number of nitrogens with zero attached hydrogens (tertiary/aromatic N) is 1. The molecule has 32 heavy (non-hydrogen) atoms. The van der Waals surface area contributed by atoms with E-state index in [4.69, 9.17) is 9.47 Å². The van der Waals surface area contributed by atoms with Gasteiger partial charge in [-0.1, -0.05) is 19.1 Å². The maximum atomic E-state index is 15.5. The number of hydrogen-bond acceptors (Lipinski definition) is 4. The van der Waals surface area contributed by atoms with Gasteiger partial charge in [0.1, 0.15) is 5.75 Å². The number of fused-ring (bicyclic) bond motifs is 2. The highest BCUT2D eigenvalue weighted by atomic mass is 127. The molecule has 172 valence electrons. The zero-order valence-electron chi connectivity index (χ0n) is 18.8. The van der Waals surface area contributed by atoms with Gasteiger partial charge in [0.2, 0.25) is 8.41 Å². The Hall–Kier alpha value is -1.49. The predicted molar refractivity (Wildman–Crippen MR) is 133 cm³/mol. The normalized spacial score (nSPS) is 27.3. The molecule has 8 heteroatoms. The van der Waals surface area contributed by atoms with Crippen LogP contribution >= 0.6 is 22.6 Å². The molecule has 0 aromatic heterocycles. The van der Waals surface area contributed by atoms with Crippen LogP contribution in [0.2, 0.25) is 18.6 Å². The van der Waals surface area contributed by atoms with E-state index < -0.39 is 25.7 Å². The minimum absolute atomic E-state index is 0.111. The van der Waals surface area contributed by atoms with Crippen LogP contribution in [-0.2, 0) is 21.7 Å². The zero-order valence-corrected chi connectivity index (χ0v) is 21.9. The number of amides is 1. The molecule has 0 aliphatic carbocycles. The van der Waals surface area contributed by atoms with Gasteiger partial charge in [0.05, 0.1) is 25.4 Å². The lowest BCUT2D eigenvalue weighted by atomic mass is 9.82. The van der Waals surface area contributed by atoms with Gasteiger partial charge < -0.3 is 23.6 Å². The van der Waals surface area contributed by atoms with Crippen molar-refractivity contribution in [3.8, 4) is 5.75 Å². The molecule has 1 saturated heterocycles. The van der Waals surface area contributed by atoms with E-state index in [1.54, 1.807) is 25.1 Å². The summed E-state index contributed by atoms with van der Waals surface area (Å²) in [5.74, 6) is 0.0861. The molecule has 1 amide bonds. The van der Waals surface area contributed by atoms with Gasteiger partial charge in [0.25, 0.3) is 5.91 Å². The van der Waals surface area contributed by atoms with Crippen LogP contribution in [0.5, 0.6) is 5.75 Å². The molecule has 2 aliphatic rings. The zero-order chi connectivity index (χ0) is 23.3. The van der Waals surface area contributed by atoms with Gasteiger partial charge >= 0.3 is 0 Å². The van der Waals surface area contributed by atoms with Crippen molar-refractivity contribution in [3.63, 3.8) is 0 Å². The second kappa shape index (κ2) is 8.70. The van der Waals surface area contributed by atoms with Gasteiger partial charge in [-0.05, 0) is 78.0 Å². The average molecular weight is 569 g/mol. The van der Waals surface area contributed by atoms with Crippen molar-refractivity contribution >= 4 is 42.6 Å². The topological polar surface area (TPSA) is 59.0 Å². The Labute approximate surface area is 203 Å². The molecule has 4 atom stereocenters. The molecular formula is C24H29FINO4Si. The lowest BCUT2D eigenvalue weighted by Crippen LogP contribution is -2.45. The van der Waals surface area contributed by atoms with Crippen molar-refractivity contribution in [2.24, 2.45) is 5.92 Å². The average Bonchev–Trinajstić information content (AvgIpc) is 3.17. The molecule has 0 radical (unpaired) electrons. The van der Waals surface area contributed by atoms with Crippen LogP contribution in [0.1, 0.15) is 24.5 Å². The predicted octanol–water partition coefficient (Wildman–Crippen LogP) is 5.00. The Bertz CT molecular complexity index is 1010. The SMILES string of the molecule is COc1ccc2c(c1)[C@]1(O[C@@H](CCO)[C@H]([Si](C)(C)F)[C@H]1C)C(=O)N2Cc1ccc(I)cc1. The number of halogens is 2. The smallest absolute Gasteiger partial charge is 0.264 e. The van der Waals surface area contributed by atoms with Crippen molar-refractivity contribution in [2.45, 2.75) is 50.2 Å². The second-order valence-electron chi connectivity index (χ2n) is 9.18. The highest BCUT2D eigenvalue weighted by Gasteiger charge is 2.66. The van der Waals surface area contributed by atoms with Crippen molar-refractivity contribution in [1.29, 1.82) is 0 Å². The minimum Gasteiger partial charge on any atom is -0.497 e. The second-order valence-corrected chi connectivity index (χ2v) is 14.2. The summed E-state index contributed by atoms with van der Waals surface area (Å²) in [5, 5.41) is 9.64. The summed E-state index contributed by atoms with van der Waals surface area (Å²) in [6, 6.07) is 13.6. The highest BCUT2D eigenvalue weighted by Crippen LogP contribution is 2.60. The van der Waals surface area contributed by atoms with Crippen molar-refractivity contribution < 1.29 is 23.5 Å². The van der Waals surface area contributed by atoms with Gasteiger partial charge in [-0.2, -0.15) is 0 Å². The van der Waals surface area contributed by atoms with Crippen molar-refractivity contribution in [2.75, 3.05) is 18.6 Å². The Morgan fingerprint density at radius 1 is 1.25 bits per heavy atom. The minimum atomic E-state index is -3.20. The quantitative estimate of drug-likeness (QED) is 0.302. The summed E-state index contributed by atoms with van der Waals surface area (Å²) in [6.45, 7) is 5.54. The van der Waals surface area contributed by atoms with Crippen LogP contribution in [-0.4, -0.2) is 39.2 Å². The maximum absolute atomic E-state index is 15.5. The van der Waals surface area contributed by atoms with Crippen LogP contribution in [0.3, 0.4) is 0 Å². The Morgan fingerprint density at radius 2 is 1.94 bits per heavy atom. The molecule has 0 unspecified atom stereocenters. The first-order chi connectivity index (χ1) is 15.1. The van der Waals surface area contributed by atoms with E-state index in [1.165, 1.54) is 0 Å². The van der Waals surface area contributed by atoms with E-state index in [-0.39, 0.29) is 18.4 Å². The summed E-state index contributed by atoms with van der Waals surface area (Å²) in [7, 11) is -1.61. The number of anilines is 1. The van der Waals surface area contributed by atoms with Crippen LogP contribution in [0.15, 0.2) is 42.5 Å². The van der Waals surface area contributed by atoms with E-state index in [2.05, 4.69) is 22.6 Å². The lowest BCUT2D eigenvalue weighted by molar-refractivity contribution is -0.146. The van der Waals surface area contributed by atoms with E-state index >= 15 is 4.11 Å². The van der Waals surface area contributed by atoms with E-state index in [1.807, 2.05) is 49.4 Å². The van der Waals surface area contributed by atoms with Crippen LogP contribution in [0, 0.1) is 9.49 Å². The first-order valence-corrected chi connectivity index (χ1v) is 14.9. The van der Waals surface area contributed by atoms with Crippen LogP contribution in [0.4, 0.5) is 9.80 Å². The lowest BCUT2D eigenvalue weighted by Gasteiger charge is -2.31. The fraction of sp³-hybridized carbons (Fsp3) is 0.458. The molecule has 2 aliphatic heterocycles. The molecule has 2 aromatic rings. The summed E-state index contributed by atoms with van der Waals surface area (Å²) < 4.78 is 28.6. The van der Waals surface area contributed by atoms with E-state index in [0.29, 0.717) is 18.7 Å². The summed E-state index contributed by atoms with van der Waals surface area (Å²) >= 11 is 2.25. The first-order valence-electron chi connectivity index (χ1n) is 10.9. The molecule has 0 saturated carbocycles. The molecule has 2 aromatic carbocycles. The molecule has 1 N–H and O–H groups in total. The molecule has 0 bridgehead atoms. The maximum Gasteiger partial charge on any atom is 0.264 e. The monoisotopic (exact) mass is 569 g/mol. The van der Waals surface area contributed by atoms with Crippen LogP contribution in [0.25, 0.3) is 0 Å². The highest BCUT2D eigenvalue weighted by molar-refractivity contribution is 14.1. The Balaban J connectivity index is 1.83. The fourth-order valence-electron chi connectivity index (χ4n) is 5.48. The fourth-order valence-corrected chi connectivity index (χ4v) is 8.38.